The van der Waals surface area contributed by atoms with E-state index in [0.717, 1.165) is 13.0 Å². The maximum atomic E-state index is 4.40. The van der Waals surface area contributed by atoms with Gasteiger partial charge in [-0.25, -0.2) is 0 Å². The third-order valence-electron chi connectivity index (χ3n) is 3.05. The Morgan fingerprint density at radius 1 is 1.57 bits per heavy atom. The van der Waals surface area contributed by atoms with Crippen LogP contribution in [0.4, 0.5) is 5.69 Å². The van der Waals surface area contributed by atoms with E-state index in [4.69, 9.17) is 0 Å². The van der Waals surface area contributed by atoms with Crippen molar-refractivity contribution in [1.82, 2.24) is 9.78 Å². The number of aryl methyl sites for hydroxylation is 2. The second-order valence-electron chi connectivity index (χ2n) is 4.68. The minimum atomic E-state index is 0.556. The molecule has 0 radical (unpaired) electrons. The van der Waals surface area contributed by atoms with Crippen molar-refractivity contribution in [3.8, 4) is 0 Å². The predicted octanol–water partition coefficient (Wildman–Crippen LogP) is 2.19. The maximum Gasteiger partial charge on any atom is 0.0853 e. The molecule has 1 saturated carbocycles. The minimum absolute atomic E-state index is 0.556. The van der Waals surface area contributed by atoms with Crippen LogP contribution in [0.2, 0.25) is 0 Å². The van der Waals surface area contributed by atoms with Crippen molar-refractivity contribution < 1.29 is 0 Å². The van der Waals surface area contributed by atoms with Crippen LogP contribution < -0.4 is 5.32 Å². The molecule has 0 unspecified atom stereocenters. The first kappa shape index (κ1) is 9.56. The monoisotopic (exact) mass is 193 g/mol. The lowest BCUT2D eigenvalue weighted by Crippen LogP contribution is -2.12. The second-order valence-corrected chi connectivity index (χ2v) is 4.68. The Hall–Kier alpha value is -0.990. The SMILES string of the molecule is CCc1nn(C)cc1NCC1(C)CC1. The molecule has 3 heteroatoms. The van der Waals surface area contributed by atoms with Gasteiger partial charge in [-0.2, -0.15) is 5.10 Å². The molecule has 1 aromatic rings. The highest BCUT2D eigenvalue weighted by Crippen LogP contribution is 2.44. The van der Waals surface area contributed by atoms with E-state index >= 15 is 0 Å². The van der Waals surface area contributed by atoms with Gasteiger partial charge in [0.25, 0.3) is 0 Å². The number of hydrogen-bond donors (Lipinski definition) is 1. The molecule has 14 heavy (non-hydrogen) atoms. The smallest absolute Gasteiger partial charge is 0.0853 e. The number of hydrogen-bond acceptors (Lipinski definition) is 2. The van der Waals surface area contributed by atoms with Crippen LogP contribution in [0, 0.1) is 5.41 Å². The van der Waals surface area contributed by atoms with Crippen LogP contribution in [0.15, 0.2) is 6.20 Å². The lowest BCUT2D eigenvalue weighted by atomic mass is 10.1. The fourth-order valence-corrected chi connectivity index (χ4v) is 1.64. The lowest BCUT2D eigenvalue weighted by molar-refractivity contribution is 0.610. The molecule has 3 nitrogen and oxygen atoms in total. The summed E-state index contributed by atoms with van der Waals surface area (Å²) in [5, 5.41) is 7.91. The van der Waals surface area contributed by atoms with Gasteiger partial charge in [-0.15, -0.1) is 0 Å². The molecule has 78 valence electrons. The van der Waals surface area contributed by atoms with Gasteiger partial charge in [0.05, 0.1) is 11.4 Å². The van der Waals surface area contributed by atoms with E-state index < -0.39 is 0 Å². The van der Waals surface area contributed by atoms with Gasteiger partial charge in [-0.05, 0) is 24.7 Å². The van der Waals surface area contributed by atoms with Crippen molar-refractivity contribution in [2.24, 2.45) is 12.5 Å². The quantitative estimate of drug-likeness (QED) is 0.794. The first-order valence-electron chi connectivity index (χ1n) is 5.39. The van der Waals surface area contributed by atoms with Gasteiger partial charge >= 0.3 is 0 Å². The molecule has 1 aromatic heterocycles. The Kier molecular flexibility index (Phi) is 2.25. The van der Waals surface area contributed by atoms with Gasteiger partial charge in [0.2, 0.25) is 0 Å². The molecule has 0 atom stereocenters. The van der Waals surface area contributed by atoms with Crippen molar-refractivity contribution in [1.29, 1.82) is 0 Å². The summed E-state index contributed by atoms with van der Waals surface area (Å²) in [6.07, 6.45) is 5.80. The number of anilines is 1. The van der Waals surface area contributed by atoms with E-state index in [-0.39, 0.29) is 0 Å². The fourth-order valence-electron chi connectivity index (χ4n) is 1.64. The number of aromatic nitrogens is 2. The van der Waals surface area contributed by atoms with E-state index in [1.807, 2.05) is 11.7 Å². The Bertz CT molecular complexity index is 323. The van der Waals surface area contributed by atoms with E-state index in [1.165, 1.54) is 24.2 Å². The third kappa shape index (κ3) is 1.91. The largest absolute Gasteiger partial charge is 0.382 e. The zero-order chi connectivity index (χ0) is 10.2. The predicted molar refractivity (Wildman–Crippen MR) is 58.4 cm³/mol. The first-order chi connectivity index (χ1) is 6.63. The van der Waals surface area contributed by atoms with Crippen molar-refractivity contribution in [3.05, 3.63) is 11.9 Å². The summed E-state index contributed by atoms with van der Waals surface area (Å²) in [6, 6.07) is 0. The molecule has 0 aliphatic heterocycles. The summed E-state index contributed by atoms with van der Waals surface area (Å²) >= 11 is 0. The van der Waals surface area contributed by atoms with Crippen LogP contribution in [0.1, 0.15) is 32.4 Å². The normalized spacial score (nSPS) is 18.2. The summed E-state index contributed by atoms with van der Waals surface area (Å²) in [5.74, 6) is 0. The van der Waals surface area contributed by atoms with Crippen molar-refractivity contribution in [2.75, 3.05) is 11.9 Å². The van der Waals surface area contributed by atoms with Crippen LogP contribution in [-0.2, 0) is 13.5 Å². The average molecular weight is 193 g/mol. The molecule has 1 fully saturated rings. The second kappa shape index (κ2) is 3.30. The summed E-state index contributed by atoms with van der Waals surface area (Å²) in [5.41, 5.74) is 2.95. The van der Waals surface area contributed by atoms with Crippen molar-refractivity contribution in [3.63, 3.8) is 0 Å². The van der Waals surface area contributed by atoms with Crippen LogP contribution >= 0.6 is 0 Å². The standard InChI is InChI=1S/C11H19N3/c1-4-9-10(7-14(3)13-9)12-8-11(2)5-6-11/h7,12H,4-6,8H2,1-3H3. The highest BCUT2D eigenvalue weighted by atomic mass is 15.3. The van der Waals surface area contributed by atoms with Gasteiger partial charge in [0.1, 0.15) is 0 Å². The van der Waals surface area contributed by atoms with Crippen molar-refractivity contribution in [2.45, 2.75) is 33.1 Å². The molecule has 1 heterocycles. The van der Waals surface area contributed by atoms with Crippen molar-refractivity contribution >= 4 is 5.69 Å². The molecule has 2 rings (SSSR count). The molecule has 0 saturated heterocycles. The Balaban J connectivity index is 2.00. The zero-order valence-electron chi connectivity index (χ0n) is 9.30. The highest BCUT2D eigenvalue weighted by molar-refractivity contribution is 5.46. The number of nitrogens with zero attached hydrogens (tertiary/aromatic N) is 2. The molecule has 0 spiro atoms. The molecule has 0 aromatic carbocycles. The van der Waals surface area contributed by atoms with Crippen LogP contribution in [0.5, 0.6) is 0 Å². The molecular formula is C11H19N3. The van der Waals surface area contributed by atoms with E-state index in [1.54, 1.807) is 0 Å². The zero-order valence-corrected chi connectivity index (χ0v) is 9.30. The van der Waals surface area contributed by atoms with Gasteiger partial charge in [-0.1, -0.05) is 13.8 Å². The molecule has 1 aliphatic rings. The summed E-state index contributed by atoms with van der Waals surface area (Å²) in [7, 11) is 1.98. The lowest BCUT2D eigenvalue weighted by Gasteiger charge is -2.10. The van der Waals surface area contributed by atoms with Gasteiger partial charge < -0.3 is 5.32 Å². The number of nitrogens with one attached hydrogen (secondary N) is 1. The maximum absolute atomic E-state index is 4.40. The molecule has 0 bridgehead atoms. The number of rotatable bonds is 4. The Labute approximate surface area is 85.5 Å². The summed E-state index contributed by atoms with van der Waals surface area (Å²) < 4.78 is 1.89. The van der Waals surface area contributed by atoms with Gasteiger partial charge in [0, 0.05) is 19.8 Å². The minimum Gasteiger partial charge on any atom is -0.382 e. The van der Waals surface area contributed by atoms with E-state index in [9.17, 15) is 0 Å². The van der Waals surface area contributed by atoms with Gasteiger partial charge in [0.15, 0.2) is 0 Å². The van der Waals surface area contributed by atoms with Gasteiger partial charge in [-0.3, -0.25) is 4.68 Å². The van der Waals surface area contributed by atoms with E-state index in [0.29, 0.717) is 5.41 Å². The average Bonchev–Trinajstić information content (AvgIpc) is 2.76. The molecule has 1 N–H and O–H groups in total. The Morgan fingerprint density at radius 2 is 2.29 bits per heavy atom. The van der Waals surface area contributed by atoms with Crippen LogP contribution in [0.3, 0.4) is 0 Å². The first-order valence-corrected chi connectivity index (χ1v) is 5.39. The van der Waals surface area contributed by atoms with Crippen LogP contribution in [-0.4, -0.2) is 16.3 Å². The topological polar surface area (TPSA) is 29.9 Å². The van der Waals surface area contributed by atoms with E-state index in [2.05, 4.69) is 30.5 Å². The van der Waals surface area contributed by atoms with Crippen LogP contribution in [0.25, 0.3) is 0 Å². The Morgan fingerprint density at radius 3 is 2.86 bits per heavy atom. The highest BCUT2D eigenvalue weighted by Gasteiger charge is 2.36. The third-order valence-corrected chi connectivity index (χ3v) is 3.05. The summed E-state index contributed by atoms with van der Waals surface area (Å²) in [4.78, 5) is 0. The summed E-state index contributed by atoms with van der Waals surface area (Å²) in [6.45, 7) is 5.57. The molecular weight excluding hydrogens is 174 g/mol. The fraction of sp³-hybridized carbons (Fsp3) is 0.727. The molecule has 0 amide bonds. The molecule has 1 aliphatic carbocycles.